The number of halogens is 1. The molecule has 0 aromatic carbocycles. The van der Waals surface area contributed by atoms with Gasteiger partial charge in [-0.05, 0) is 20.3 Å². The minimum Gasteiger partial charge on any atom is -0.380 e. The lowest BCUT2D eigenvalue weighted by atomic mass is 9.97. The first-order chi connectivity index (χ1) is 5.57. The van der Waals surface area contributed by atoms with E-state index in [9.17, 15) is 5.21 Å². The van der Waals surface area contributed by atoms with E-state index >= 15 is 0 Å². The van der Waals surface area contributed by atoms with Gasteiger partial charge in [0.15, 0.2) is 0 Å². The van der Waals surface area contributed by atoms with Gasteiger partial charge in [-0.2, -0.15) is 5.06 Å². The first-order valence-electron chi connectivity index (χ1n) is 4.22. The zero-order valence-corrected chi connectivity index (χ0v) is 9.28. The third kappa shape index (κ3) is 1.82. The molecule has 1 rings (SSSR count). The van der Waals surface area contributed by atoms with Crippen LogP contribution in [-0.4, -0.2) is 40.4 Å². The Hall–Kier alpha value is 0.360. The summed E-state index contributed by atoms with van der Waals surface area (Å²) in [7, 11) is 1.71. The summed E-state index contributed by atoms with van der Waals surface area (Å²) in [6.07, 6.45) is 1.08. The Kier molecular flexibility index (Phi) is 3.52. The molecular formula is C8H16BrNO2. The lowest BCUT2D eigenvalue weighted by Gasteiger charge is -2.41. The molecule has 1 fully saturated rings. The summed E-state index contributed by atoms with van der Waals surface area (Å²) in [6, 6.07) is 0.289. The van der Waals surface area contributed by atoms with Crippen LogP contribution < -0.4 is 0 Å². The minimum atomic E-state index is 0.110. The number of hydroxylamine groups is 2. The number of rotatable bonds is 1. The fourth-order valence-electron chi connectivity index (χ4n) is 1.66. The minimum absolute atomic E-state index is 0.110. The van der Waals surface area contributed by atoms with Crippen LogP contribution in [0.25, 0.3) is 0 Å². The van der Waals surface area contributed by atoms with E-state index in [1.165, 1.54) is 5.06 Å². The van der Waals surface area contributed by atoms with E-state index < -0.39 is 0 Å². The molecule has 4 unspecified atom stereocenters. The summed E-state index contributed by atoms with van der Waals surface area (Å²) in [5.41, 5.74) is 0. The Morgan fingerprint density at radius 3 is 2.58 bits per heavy atom. The molecule has 4 heteroatoms. The summed E-state index contributed by atoms with van der Waals surface area (Å²) in [5, 5.41) is 11.0. The molecule has 72 valence electrons. The summed E-state index contributed by atoms with van der Waals surface area (Å²) >= 11 is 3.52. The van der Waals surface area contributed by atoms with Crippen molar-refractivity contribution in [2.45, 2.75) is 43.3 Å². The number of ether oxygens (including phenoxy) is 1. The van der Waals surface area contributed by atoms with Crippen LogP contribution in [0.15, 0.2) is 0 Å². The maximum absolute atomic E-state index is 9.58. The standard InChI is InChI=1S/C8H16BrNO2/c1-5-4-7(12-3)8(9)6(2)10(5)11/h5-8,11H,4H2,1-3H3. The first kappa shape index (κ1) is 10.4. The molecule has 1 saturated heterocycles. The summed E-state index contributed by atoms with van der Waals surface area (Å²) in [6.45, 7) is 3.99. The van der Waals surface area contributed by atoms with Crippen molar-refractivity contribution < 1.29 is 9.94 Å². The predicted molar refractivity (Wildman–Crippen MR) is 50.7 cm³/mol. The van der Waals surface area contributed by atoms with Gasteiger partial charge in [-0.1, -0.05) is 15.9 Å². The van der Waals surface area contributed by atoms with Crippen molar-refractivity contribution in [3.63, 3.8) is 0 Å². The highest BCUT2D eigenvalue weighted by Crippen LogP contribution is 2.28. The van der Waals surface area contributed by atoms with Gasteiger partial charge >= 0.3 is 0 Å². The maximum atomic E-state index is 9.58. The highest BCUT2D eigenvalue weighted by atomic mass is 79.9. The molecule has 1 aliphatic heterocycles. The fraction of sp³-hybridized carbons (Fsp3) is 1.00. The molecule has 4 atom stereocenters. The van der Waals surface area contributed by atoms with Crippen LogP contribution in [0.4, 0.5) is 0 Å². The Bertz CT molecular complexity index is 151. The van der Waals surface area contributed by atoms with E-state index in [0.717, 1.165) is 6.42 Å². The quantitative estimate of drug-likeness (QED) is 0.705. The second-order valence-corrected chi connectivity index (χ2v) is 4.48. The maximum Gasteiger partial charge on any atom is 0.0727 e. The van der Waals surface area contributed by atoms with Gasteiger partial charge in [-0.25, -0.2) is 0 Å². The highest BCUT2D eigenvalue weighted by molar-refractivity contribution is 9.09. The van der Waals surface area contributed by atoms with E-state index in [2.05, 4.69) is 15.9 Å². The lowest BCUT2D eigenvalue weighted by molar-refractivity contribution is -0.183. The number of piperidine rings is 1. The predicted octanol–water partition coefficient (Wildman–Crippen LogP) is 1.64. The van der Waals surface area contributed by atoms with Gasteiger partial charge in [-0.3, -0.25) is 0 Å². The van der Waals surface area contributed by atoms with Gasteiger partial charge in [0.2, 0.25) is 0 Å². The Morgan fingerprint density at radius 2 is 2.08 bits per heavy atom. The van der Waals surface area contributed by atoms with Crippen molar-refractivity contribution >= 4 is 15.9 Å². The van der Waals surface area contributed by atoms with Crippen LogP contribution >= 0.6 is 15.9 Å². The topological polar surface area (TPSA) is 32.7 Å². The van der Waals surface area contributed by atoms with Crippen molar-refractivity contribution in [3.05, 3.63) is 0 Å². The van der Waals surface area contributed by atoms with E-state index in [4.69, 9.17) is 4.74 Å². The molecule has 0 amide bonds. The number of nitrogens with zero attached hydrogens (tertiary/aromatic N) is 1. The molecular weight excluding hydrogens is 222 g/mol. The SMILES string of the molecule is COC1CC(C)N(O)C(C)C1Br. The van der Waals surface area contributed by atoms with E-state index in [-0.39, 0.29) is 23.0 Å². The Balaban J connectivity index is 2.63. The van der Waals surface area contributed by atoms with Gasteiger partial charge in [0.1, 0.15) is 0 Å². The molecule has 0 radical (unpaired) electrons. The normalized spacial score (nSPS) is 44.8. The summed E-state index contributed by atoms with van der Waals surface area (Å²) in [5.74, 6) is 0. The van der Waals surface area contributed by atoms with Gasteiger partial charge < -0.3 is 9.94 Å². The molecule has 1 N–H and O–H groups in total. The molecule has 0 aliphatic carbocycles. The Labute approximate surface area is 81.8 Å². The molecule has 3 nitrogen and oxygen atoms in total. The van der Waals surface area contributed by atoms with E-state index in [1.807, 2.05) is 13.8 Å². The number of hydrogen-bond donors (Lipinski definition) is 1. The molecule has 0 spiro atoms. The zero-order chi connectivity index (χ0) is 9.30. The van der Waals surface area contributed by atoms with E-state index in [0.29, 0.717) is 0 Å². The lowest BCUT2D eigenvalue weighted by Crippen LogP contribution is -2.53. The number of hydrogen-bond acceptors (Lipinski definition) is 3. The van der Waals surface area contributed by atoms with Gasteiger partial charge in [0, 0.05) is 19.2 Å². The molecule has 0 aromatic rings. The van der Waals surface area contributed by atoms with Crippen molar-refractivity contribution in [1.29, 1.82) is 0 Å². The number of methoxy groups -OCH3 is 1. The largest absolute Gasteiger partial charge is 0.380 e. The van der Waals surface area contributed by atoms with E-state index in [1.54, 1.807) is 7.11 Å². The second-order valence-electron chi connectivity index (χ2n) is 3.42. The molecule has 1 aliphatic rings. The van der Waals surface area contributed by atoms with Crippen LogP contribution in [0.2, 0.25) is 0 Å². The van der Waals surface area contributed by atoms with Crippen molar-refractivity contribution in [2.75, 3.05) is 7.11 Å². The van der Waals surface area contributed by atoms with Crippen LogP contribution in [0.1, 0.15) is 20.3 Å². The monoisotopic (exact) mass is 237 g/mol. The first-order valence-corrected chi connectivity index (χ1v) is 5.13. The van der Waals surface area contributed by atoms with Crippen molar-refractivity contribution in [2.24, 2.45) is 0 Å². The van der Waals surface area contributed by atoms with Crippen LogP contribution in [-0.2, 0) is 4.74 Å². The van der Waals surface area contributed by atoms with Crippen molar-refractivity contribution in [1.82, 2.24) is 5.06 Å². The summed E-state index contributed by atoms with van der Waals surface area (Å²) in [4.78, 5) is 0.212. The van der Waals surface area contributed by atoms with Gasteiger partial charge in [-0.15, -0.1) is 0 Å². The highest BCUT2D eigenvalue weighted by Gasteiger charge is 2.37. The zero-order valence-electron chi connectivity index (χ0n) is 7.70. The van der Waals surface area contributed by atoms with Crippen LogP contribution in [0, 0.1) is 0 Å². The molecule has 0 saturated carbocycles. The molecule has 1 heterocycles. The van der Waals surface area contributed by atoms with Gasteiger partial charge in [0.05, 0.1) is 10.9 Å². The van der Waals surface area contributed by atoms with Gasteiger partial charge in [0.25, 0.3) is 0 Å². The fourth-order valence-corrected chi connectivity index (χ4v) is 2.33. The van der Waals surface area contributed by atoms with Crippen molar-refractivity contribution in [3.8, 4) is 0 Å². The Morgan fingerprint density at radius 1 is 1.50 bits per heavy atom. The molecule has 12 heavy (non-hydrogen) atoms. The van der Waals surface area contributed by atoms with Crippen LogP contribution in [0.5, 0.6) is 0 Å². The number of alkyl halides is 1. The molecule has 0 bridgehead atoms. The average Bonchev–Trinajstić information content (AvgIpc) is 2.08. The second kappa shape index (κ2) is 4.05. The third-order valence-corrected chi connectivity index (χ3v) is 3.92. The summed E-state index contributed by atoms with van der Waals surface area (Å²) < 4.78 is 5.31. The average molecular weight is 238 g/mol. The van der Waals surface area contributed by atoms with Crippen LogP contribution in [0.3, 0.4) is 0 Å². The third-order valence-electron chi connectivity index (χ3n) is 2.56. The molecule has 0 aromatic heterocycles. The smallest absolute Gasteiger partial charge is 0.0727 e.